The van der Waals surface area contributed by atoms with E-state index in [-0.39, 0.29) is 5.91 Å². The Kier molecular flexibility index (Phi) is 3.25. The molecule has 19 heavy (non-hydrogen) atoms. The van der Waals surface area contributed by atoms with Gasteiger partial charge >= 0.3 is 0 Å². The molecule has 0 radical (unpaired) electrons. The molecule has 1 aromatic carbocycles. The van der Waals surface area contributed by atoms with Crippen molar-refractivity contribution < 1.29 is 4.79 Å². The molecule has 1 aliphatic heterocycles. The second-order valence-corrected chi connectivity index (χ2v) is 4.97. The molecule has 3 rings (SSSR count). The third-order valence-electron chi connectivity index (χ3n) is 3.76. The van der Waals surface area contributed by atoms with E-state index in [4.69, 9.17) is 0 Å². The second-order valence-electron chi connectivity index (χ2n) is 4.97. The number of carbonyl (C=O) groups excluding carboxylic acids is 1. The van der Waals surface area contributed by atoms with Crippen LogP contribution in [0.3, 0.4) is 0 Å². The number of aromatic nitrogens is 1. The standard InChI is InChI=1S/C15H19N3O/c1-2-16-9-15(19)18-8-7-14-12(10-18)11-5-3-4-6-13(11)17-14/h3-6,16-17H,2,7-10H2,1H3. The zero-order valence-electron chi connectivity index (χ0n) is 11.2. The number of nitrogens with one attached hydrogen (secondary N) is 2. The topological polar surface area (TPSA) is 48.1 Å². The van der Waals surface area contributed by atoms with E-state index >= 15 is 0 Å². The SMILES string of the molecule is CCNCC(=O)N1CCc2[nH]c3ccccc3c2C1. The summed E-state index contributed by atoms with van der Waals surface area (Å²) in [5.41, 5.74) is 3.74. The maximum absolute atomic E-state index is 12.1. The Morgan fingerprint density at radius 1 is 1.42 bits per heavy atom. The molecule has 2 N–H and O–H groups in total. The molecule has 0 unspecified atom stereocenters. The normalized spacial score (nSPS) is 14.7. The van der Waals surface area contributed by atoms with E-state index in [0.29, 0.717) is 6.54 Å². The maximum Gasteiger partial charge on any atom is 0.236 e. The summed E-state index contributed by atoms with van der Waals surface area (Å²) in [6.07, 6.45) is 0.919. The molecule has 1 aromatic heterocycles. The minimum absolute atomic E-state index is 0.192. The number of hydrogen-bond acceptors (Lipinski definition) is 2. The fourth-order valence-corrected chi connectivity index (χ4v) is 2.72. The molecule has 0 fully saturated rings. The average Bonchev–Trinajstić information content (AvgIpc) is 2.82. The van der Waals surface area contributed by atoms with Crippen molar-refractivity contribution in [3.63, 3.8) is 0 Å². The fraction of sp³-hybridized carbons (Fsp3) is 0.400. The van der Waals surface area contributed by atoms with Gasteiger partial charge in [-0.3, -0.25) is 4.79 Å². The van der Waals surface area contributed by atoms with Crippen LogP contribution >= 0.6 is 0 Å². The Morgan fingerprint density at radius 2 is 2.26 bits per heavy atom. The van der Waals surface area contributed by atoms with Gasteiger partial charge in [0.2, 0.25) is 5.91 Å². The van der Waals surface area contributed by atoms with E-state index in [1.807, 2.05) is 17.9 Å². The smallest absolute Gasteiger partial charge is 0.236 e. The van der Waals surface area contributed by atoms with E-state index in [0.717, 1.165) is 26.1 Å². The van der Waals surface area contributed by atoms with Gasteiger partial charge in [-0.05, 0) is 12.6 Å². The highest BCUT2D eigenvalue weighted by atomic mass is 16.2. The number of para-hydroxylation sites is 1. The Labute approximate surface area is 112 Å². The molecule has 0 aliphatic carbocycles. The first-order valence-electron chi connectivity index (χ1n) is 6.86. The molecule has 0 bridgehead atoms. The first-order valence-corrected chi connectivity index (χ1v) is 6.86. The number of likely N-dealkylation sites (N-methyl/N-ethyl adjacent to an activating group) is 1. The van der Waals surface area contributed by atoms with Crippen molar-refractivity contribution >= 4 is 16.8 Å². The van der Waals surface area contributed by atoms with Gasteiger partial charge in [-0.2, -0.15) is 0 Å². The summed E-state index contributed by atoms with van der Waals surface area (Å²) in [6.45, 7) is 4.82. The van der Waals surface area contributed by atoms with Gasteiger partial charge < -0.3 is 15.2 Å². The summed E-state index contributed by atoms with van der Waals surface area (Å²) in [4.78, 5) is 17.5. The Balaban J connectivity index is 1.84. The lowest BCUT2D eigenvalue weighted by atomic mass is 10.0. The van der Waals surface area contributed by atoms with Gasteiger partial charge in [-0.15, -0.1) is 0 Å². The van der Waals surface area contributed by atoms with Gasteiger partial charge in [-0.1, -0.05) is 25.1 Å². The largest absolute Gasteiger partial charge is 0.358 e. The molecule has 1 amide bonds. The molecule has 4 nitrogen and oxygen atoms in total. The van der Waals surface area contributed by atoms with E-state index in [1.165, 1.54) is 22.2 Å². The molecule has 0 atom stereocenters. The molecule has 0 saturated carbocycles. The van der Waals surface area contributed by atoms with E-state index in [2.05, 4.69) is 28.5 Å². The molecule has 4 heteroatoms. The van der Waals surface area contributed by atoms with E-state index < -0.39 is 0 Å². The average molecular weight is 257 g/mol. The summed E-state index contributed by atoms with van der Waals surface area (Å²) in [5.74, 6) is 0.192. The quantitative estimate of drug-likeness (QED) is 0.878. The van der Waals surface area contributed by atoms with Crippen LogP contribution in [0.1, 0.15) is 18.2 Å². The van der Waals surface area contributed by atoms with E-state index in [9.17, 15) is 4.79 Å². The van der Waals surface area contributed by atoms with Gasteiger partial charge in [0, 0.05) is 41.7 Å². The van der Waals surface area contributed by atoms with Gasteiger partial charge in [0.1, 0.15) is 0 Å². The number of amides is 1. The van der Waals surface area contributed by atoms with Crippen LogP contribution in [0.15, 0.2) is 24.3 Å². The van der Waals surface area contributed by atoms with Gasteiger partial charge in [0.05, 0.1) is 6.54 Å². The molecule has 100 valence electrons. The summed E-state index contributed by atoms with van der Waals surface area (Å²) in [7, 11) is 0. The molecular formula is C15H19N3O. The van der Waals surface area contributed by atoms with Crippen LogP contribution in [0.25, 0.3) is 10.9 Å². The van der Waals surface area contributed by atoms with Gasteiger partial charge in [-0.25, -0.2) is 0 Å². The van der Waals surface area contributed by atoms with Crippen LogP contribution in [0.5, 0.6) is 0 Å². The summed E-state index contributed by atoms with van der Waals surface area (Å²) < 4.78 is 0. The van der Waals surface area contributed by atoms with E-state index in [1.54, 1.807) is 0 Å². The fourth-order valence-electron chi connectivity index (χ4n) is 2.72. The van der Waals surface area contributed by atoms with Crippen molar-refractivity contribution in [3.8, 4) is 0 Å². The Hall–Kier alpha value is -1.81. The molecule has 0 saturated heterocycles. The molecule has 2 heterocycles. The van der Waals surface area contributed by atoms with Crippen LogP contribution in [0.4, 0.5) is 0 Å². The predicted molar refractivity (Wildman–Crippen MR) is 76.0 cm³/mol. The number of fused-ring (bicyclic) bond motifs is 3. The zero-order chi connectivity index (χ0) is 13.2. The number of rotatable bonds is 3. The number of H-pyrrole nitrogens is 1. The lowest BCUT2D eigenvalue weighted by Crippen LogP contribution is -2.41. The summed E-state index contributed by atoms with van der Waals surface area (Å²) >= 11 is 0. The van der Waals surface area contributed by atoms with Crippen molar-refractivity contribution in [2.24, 2.45) is 0 Å². The minimum atomic E-state index is 0.192. The Morgan fingerprint density at radius 3 is 3.11 bits per heavy atom. The third-order valence-corrected chi connectivity index (χ3v) is 3.76. The highest BCUT2D eigenvalue weighted by Crippen LogP contribution is 2.27. The highest BCUT2D eigenvalue weighted by Gasteiger charge is 2.23. The third kappa shape index (κ3) is 2.24. The van der Waals surface area contributed by atoms with Crippen LogP contribution < -0.4 is 5.32 Å². The number of hydrogen-bond donors (Lipinski definition) is 2. The second kappa shape index (κ2) is 5.05. The number of benzene rings is 1. The minimum Gasteiger partial charge on any atom is -0.358 e. The van der Waals surface area contributed by atoms with Crippen LogP contribution in [0, 0.1) is 0 Å². The highest BCUT2D eigenvalue weighted by molar-refractivity contribution is 5.86. The van der Waals surface area contributed by atoms with Crippen LogP contribution in [0.2, 0.25) is 0 Å². The van der Waals surface area contributed by atoms with Crippen LogP contribution in [-0.2, 0) is 17.8 Å². The summed E-state index contributed by atoms with van der Waals surface area (Å²) in [5, 5.41) is 4.35. The lowest BCUT2D eigenvalue weighted by molar-refractivity contribution is -0.131. The Bertz CT molecular complexity index is 602. The first kappa shape index (κ1) is 12.2. The van der Waals surface area contributed by atoms with Gasteiger partial charge in [0.25, 0.3) is 0 Å². The zero-order valence-corrected chi connectivity index (χ0v) is 11.2. The molecule has 1 aliphatic rings. The van der Waals surface area contributed by atoms with Gasteiger partial charge in [0.15, 0.2) is 0 Å². The lowest BCUT2D eigenvalue weighted by Gasteiger charge is -2.27. The van der Waals surface area contributed by atoms with Crippen molar-refractivity contribution in [1.29, 1.82) is 0 Å². The molecule has 2 aromatic rings. The number of aromatic amines is 1. The van der Waals surface area contributed by atoms with Crippen molar-refractivity contribution in [2.75, 3.05) is 19.6 Å². The van der Waals surface area contributed by atoms with Crippen LogP contribution in [-0.4, -0.2) is 35.4 Å². The first-order chi connectivity index (χ1) is 9.29. The predicted octanol–water partition coefficient (Wildman–Crippen LogP) is 1.66. The number of nitrogens with zero attached hydrogens (tertiary/aromatic N) is 1. The van der Waals surface area contributed by atoms with Crippen molar-refractivity contribution in [1.82, 2.24) is 15.2 Å². The monoisotopic (exact) mass is 257 g/mol. The maximum atomic E-state index is 12.1. The van der Waals surface area contributed by atoms with Crippen molar-refractivity contribution in [2.45, 2.75) is 19.9 Å². The number of carbonyl (C=O) groups is 1. The molecule has 0 spiro atoms. The summed E-state index contributed by atoms with van der Waals surface area (Å²) in [6, 6.07) is 8.32. The van der Waals surface area contributed by atoms with Crippen molar-refractivity contribution in [3.05, 3.63) is 35.5 Å². The molecular weight excluding hydrogens is 238 g/mol.